The Hall–Kier alpha value is -4.61. The molecule has 12 heteroatoms. The van der Waals surface area contributed by atoms with Crippen molar-refractivity contribution in [1.82, 2.24) is 14.9 Å². The van der Waals surface area contributed by atoms with Crippen molar-refractivity contribution in [2.75, 3.05) is 55.9 Å². The number of rotatable bonds is 8. The molecule has 3 aromatic rings. The number of hydrogen-bond donors (Lipinski definition) is 2. The fraction of sp³-hybridized carbons (Fsp3) is 0.292. The molecule has 36 heavy (non-hydrogen) atoms. The second-order valence-electron chi connectivity index (χ2n) is 8.03. The van der Waals surface area contributed by atoms with Crippen LogP contribution < -0.4 is 25.0 Å². The summed E-state index contributed by atoms with van der Waals surface area (Å²) < 4.78 is 10.9. The zero-order chi connectivity index (χ0) is 25.7. The summed E-state index contributed by atoms with van der Waals surface area (Å²) in [4.78, 5) is 35.0. The van der Waals surface area contributed by atoms with Crippen molar-refractivity contribution in [2.45, 2.75) is 6.92 Å². The van der Waals surface area contributed by atoms with E-state index in [0.29, 0.717) is 41.8 Å². The number of nitro benzene ring substituents is 1. The molecule has 1 amide bonds. The molecule has 0 atom stereocenters. The van der Waals surface area contributed by atoms with Crippen molar-refractivity contribution in [1.29, 1.82) is 0 Å². The van der Waals surface area contributed by atoms with E-state index in [2.05, 4.69) is 25.5 Å². The van der Waals surface area contributed by atoms with Crippen LogP contribution in [0.3, 0.4) is 0 Å². The molecule has 0 unspecified atom stereocenters. The van der Waals surface area contributed by atoms with Crippen molar-refractivity contribution in [3.63, 3.8) is 0 Å². The minimum atomic E-state index is -0.484. The van der Waals surface area contributed by atoms with Crippen LogP contribution in [0.5, 0.6) is 11.5 Å². The number of carbonyl (C=O) groups excluding carboxylic acids is 1. The van der Waals surface area contributed by atoms with Gasteiger partial charge in [0.2, 0.25) is 11.9 Å². The molecule has 1 fully saturated rings. The zero-order valence-corrected chi connectivity index (χ0v) is 20.2. The summed E-state index contributed by atoms with van der Waals surface area (Å²) in [5.41, 5.74) is 2.00. The fourth-order valence-corrected chi connectivity index (χ4v) is 3.91. The third-order valence-corrected chi connectivity index (χ3v) is 5.83. The lowest BCUT2D eigenvalue weighted by atomic mass is 10.2. The Morgan fingerprint density at radius 2 is 1.72 bits per heavy atom. The van der Waals surface area contributed by atoms with E-state index in [1.165, 1.54) is 25.3 Å². The number of ether oxygens (including phenoxy) is 2. The van der Waals surface area contributed by atoms with Gasteiger partial charge in [0.05, 0.1) is 30.5 Å². The number of benzene rings is 2. The number of anilines is 5. The van der Waals surface area contributed by atoms with Gasteiger partial charge in [-0.05, 0) is 24.3 Å². The molecule has 188 valence electrons. The molecule has 2 N–H and O–H groups in total. The highest BCUT2D eigenvalue weighted by Gasteiger charge is 2.20. The predicted molar refractivity (Wildman–Crippen MR) is 136 cm³/mol. The van der Waals surface area contributed by atoms with E-state index in [0.717, 1.165) is 18.8 Å². The van der Waals surface area contributed by atoms with Crippen molar-refractivity contribution < 1.29 is 19.2 Å². The first-order valence-electron chi connectivity index (χ1n) is 11.3. The molecule has 1 saturated heterocycles. The van der Waals surface area contributed by atoms with Gasteiger partial charge in [0.1, 0.15) is 17.3 Å². The van der Waals surface area contributed by atoms with Crippen molar-refractivity contribution >= 4 is 40.4 Å². The molecule has 0 radical (unpaired) electrons. The van der Waals surface area contributed by atoms with Gasteiger partial charge in [0.15, 0.2) is 0 Å². The van der Waals surface area contributed by atoms with Gasteiger partial charge in [-0.15, -0.1) is 0 Å². The zero-order valence-electron chi connectivity index (χ0n) is 20.2. The summed E-state index contributed by atoms with van der Waals surface area (Å²) >= 11 is 0. The SMILES string of the molecule is COc1cc(N2CCN(C(C)=O)CC2)ccc1Nc1ccnc(Nc2cc([N+](=O)[O-])ccc2OC)n1. The van der Waals surface area contributed by atoms with E-state index in [9.17, 15) is 14.9 Å². The van der Waals surface area contributed by atoms with Crippen LogP contribution in [-0.2, 0) is 4.79 Å². The van der Waals surface area contributed by atoms with Gasteiger partial charge in [-0.3, -0.25) is 14.9 Å². The van der Waals surface area contributed by atoms with E-state index < -0.39 is 4.92 Å². The fourth-order valence-electron chi connectivity index (χ4n) is 3.91. The summed E-state index contributed by atoms with van der Waals surface area (Å²) in [5, 5.41) is 17.4. The molecule has 1 aromatic heterocycles. The molecule has 4 rings (SSSR count). The lowest BCUT2D eigenvalue weighted by Gasteiger charge is -2.35. The second-order valence-corrected chi connectivity index (χ2v) is 8.03. The predicted octanol–water partition coefficient (Wildman–Crippen LogP) is 3.56. The Morgan fingerprint density at radius 3 is 2.39 bits per heavy atom. The standard InChI is InChI=1S/C24H27N7O5/c1-16(32)29-10-12-30(13-11-29)17-4-6-19(22(15-17)36-3)26-23-8-9-25-24(28-23)27-20-14-18(31(33)34)5-7-21(20)35-2/h4-9,14-15H,10-13H2,1-3H3,(H2,25,26,27,28). The van der Waals surface area contributed by atoms with Crippen molar-refractivity contribution in [3.05, 3.63) is 58.8 Å². The van der Waals surface area contributed by atoms with Crippen LogP contribution in [0.15, 0.2) is 48.7 Å². The molecule has 0 aliphatic carbocycles. The highest BCUT2D eigenvalue weighted by atomic mass is 16.6. The smallest absolute Gasteiger partial charge is 0.271 e. The van der Waals surface area contributed by atoms with E-state index >= 15 is 0 Å². The van der Waals surface area contributed by atoms with Gasteiger partial charge in [-0.25, -0.2) is 4.98 Å². The van der Waals surface area contributed by atoms with E-state index in [1.54, 1.807) is 26.3 Å². The van der Waals surface area contributed by atoms with Gasteiger partial charge in [-0.1, -0.05) is 0 Å². The maximum atomic E-state index is 11.6. The number of nitrogens with one attached hydrogen (secondary N) is 2. The van der Waals surface area contributed by atoms with Crippen LogP contribution in [0.2, 0.25) is 0 Å². The maximum Gasteiger partial charge on any atom is 0.271 e. The number of nitro groups is 1. The Kier molecular flexibility index (Phi) is 7.33. The lowest BCUT2D eigenvalue weighted by molar-refractivity contribution is -0.384. The molecular formula is C24H27N7O5. The summed E-state index contributed by atoms with van der Waals surface area (Å²) in [6.07, 6.45) is 1.57. The number of methoxy groups -OCH3 is 2. The van der Waals surface area contributed by atoms with Gasteiger partial charge in [0, 0.05) is 63.2 Å². The highest BCUT2D eigenvalue weighted by molar-refractivity contribution is 5.74. The number of hydrogen-bond acceptors (Lipinski definition) is 10. The normalized spacial score (nSPS) is 13.2. The van der Waals surface area contributed by atoms with Crippen LogP contribution in [0.25, 0.3) is 0 Å². The number of aromatic nitrogens is 2. The molecule has 0 spiro atoms. The van der Waals surface area contributed by atoms with Crippen LogP contribution in [0.4, 0.5) is 34.5 Å². The van der Waals surface area contributed by atoms with Crippen molar-refractivity contribution in [3.8, 4) is 11.5 Å². The minimum absolute atomic E-state index is 0.0832. The molecular weight excluding hydrogens is 466 g/mol. The van der Waals surface area contributed by atoms with E-state index in [4.69, 9.17) is 9.47 Å². The number of amides is 1. The summed E-state index contributed by atoms with van der Waals surface area (Å²) in [6, 6.07) is 11.8. The van der Waals surface area contributed by atoms with Crippen LogP contribution in [0, 0.1) is 10.1 Å². The van der Waals surface area contributed by atoms with Crippen LogP contribution in [-0.4, -0.2) is 66.1 Å². The second kappa shape index (κ2) is 10.8. The quantitative estimate of drug-likeness (QED) is 0.354. The maximum absolute atomic E-state index is 11.6. The lowest BCUT2D eigenvalue weighted by Crippen LogP contribution is -2.48. The molecule has 1 aliphatic heterocycles. The van der Waals surface area contributed by atoms with Gasteiger partial charge in [-0.2, -0.15) is 4.98 Å². The molecule has 0 bridgehead atoms. The third kappa shape index (κ3) is 5.54. The van der Waals surface area contributed by atoms with Crippen LogP contribution >= 0.6 is 0 Å². The Bertz CT molecular complexity index is 1260. The van der Waals surface area contributed by atoms with Gasteiger partial charge >= 0.3 is 0 Å². The average Bonchev–Trinajstić information content (AvgIpc) is 2.89. The largest absolute Gasteiger partial charge is 0.495 e. The van der Waals surface area contributed by atoms with E-state index in [1.807, 2.05) is 23.1 Å². The Labute approximate surface area is 208 Å². The van der Waals surface area contributed by atoms with Crippen LogP contribution in [0.1, 0.15) is 6.92 Å². The molecule has 2 aromatic carbocycles. The minimum Gasteiger partial charge on any atom is -0.495 e. The Balaban J connectivity index is 1.50. The molecule has 12 nitrogen and oxygen atoms in total. The summed E-state index contributed by atoms with van der Waals surface area (Å²) in [5.74, 6) is 1.88. The van der Waals surface area contributed by atoms with Gasteiger partial charge < -0.3 is 29.9 Å². The van der Waals surface area contributed by atoms with Gasteiger partial charge in [0.25, 0.3) is 5.69 Å². The monoisotopic (exact) mass is 493 g/mol. The average molecular weight is 494 g/mol. The molecule has 2 heterocycles. The highest BCUT2D eigenvalue weighted by Crippen LogP contribution is 2.33. The first-order valence-corrected chi connectivity index (χ1v) is 11.3. The topological polar surface area (TPSA) is 135 Å². The first kappa shape index (κ1) is 24.5. The molecule has 0 saturated carbocycles. The number of non-ortho nitro benzene ring substituents is 1. The third-order valence-electron chi connectivity index (χ3n) is 5.83. The Morgan fingerprint density at radius 1 is 0.972 bits per heavy atom. The van der Waals surface area contributed by atoms with Crippen molar-refractivity contribution in [2.24, 2.45) is 0 Å². The number of carbonyl (C=O) groups is 1. The summed E-state index contributed by atoms with van der Waals surface area (Å²) in [7, 11) is 3.07. The molecule has 1 aliphatic rings. The number of piperazine rings is 1. The summed E-state index contributed by atoms with van der Waals surface area (Å²) in [6.45, 7) is 4.45. The first-order chi connectivity index (χ1) is 17.4. The van der Waals surface area contributed by atoms with E-state index in [-0.39, 0.29) is 17.5 Å². The number of nitrogens with zero attached hydrogens (tertiary/aromatic N) is 5.